The van der Waals surface area contributed by atoms with Crippen LogP contribution in [0.15, 0.2) is 78.9 Å². The smallest absolute Gasteiger partial charge is 0.416 e. The normalized spacial score (nSPS) is 17.0. The number of para-hydroxylation sites is 1. The van der Waals surface area contributed by atoms with Crippen molar-refractivity contribution >= 4 is 0 Å². The summed E-state index contributed by atoms with van der Waals surface area (Å²) < 4.78 is 91.0. The topological polar surface area (TPSA) is 41.9 Å². The lowest BCUT2D eigenvalue weighted by Gasteiger charge is -2.42. The van der Waals surface area contributed by atoms with Gasteiger partial charge in [0.05, 0.1) is 24.3 Å². The molecule has 0 radical (unpaired) electrons. The monoisotopic (exact) mass is 567 g/mol. The zero-order chi connectivity index (χ0) is 28.8. The van der Waals surface area contributed by atoms with Crippen molar-refractivity contribution in [2.45, 2.75) is 43.3 Å². The van der Waals surface area contributed by atoms with Gasteiger partial charge in [0, 0.05) is 12.0 Å². The minimum atomic E-state index is -4.91. The third kappa shape index (κ3) is 7.99. The number of halogens is 6. The van der Waals surface area contributed by atoms with Gasteiger partial charge in [-0.05, 0) is 67.4 Å². The summed E-state index contributed by atoms with van der Waals surface area (Å²) in [6, 6.07) is 20.3. The van der Waals surface area contributed by atoms with Crippen LogP contribution in [0.4, 0.5) is 26.3 Å². The van der Waals surface area contributed by atoms with E-state index < -0.39 is 35.0 Å². The van der Waals surface area contributed by atoms with Crippen LogP contribution in [0.1, 0.15) is 35.1 Å². The largest absolute Gasteiger partial charge is 0.491 e. The van der Waals surface area contributed by atoms with E-state index in [1.165, 1.54) is 0 Å². The van der Waals surface area contributed by atoms with Crippen LogP contribution in [-0.2, 0) is 29.1 Å². The molecule has 1 fully saturated rings. The number of alkyl halides is 6. The number of aliphatic hydroxyl groups excluding tert-OH is 1. The van der Waals surface area contributed by atoms with Gasteiger partial charge >= 0.3 is 12.4 Å². The van der Waals surface area contributed by atoms with Gasteiger partial charge in [-0.2, -0.15) is 26.3 Å². The van der Waals surface area contributed by atoms with Gasteiger partial charge in [0.15, 0.2) is 0 Å². The maximum Gasteiger partial charge on any atom is 0.416 e. The molecule has 0 spiro atoms. The van der Waals surface area contributed by atoms with Gasteiger partial charge in [-0.25, -0.2) is 0 Å². The van der Waals surface area contributed by atoms with E-state index in [0.717, 1.165) is 5.56 Å². The Kier molecular flexibility index (Phi) is 9.43. The van der Waals surface area contributed by atoms with Gasteiger partial charge < -0.3 is 19.5 Å². The van der Waals surface area contributed by atoms with Gasteiger partial charge in [-0.1, -0.05) is 48.5 Å². The van der Waals surface area contributed by atoms with Crippen molar-refractivity contribution in [1.82, 2.24) is 4.90 Å². The zero-order valence-electron chi connectivity index (χ0n) is 21.7. The molecule has 4 rings (SSSR count). The van der Waals surface area contributed by atoms with E-state index >= 15 is 0 Å². The summed E-state index contributed by atoms with van der Waals surface area (Å²) >= 11 is 0. The fraction of sp³-hybridized carbons (Fsp3) is 0.400. The van der Waals surface area contributed by atoms with Gasteiger partial charge in [-0.15, -0.1) is 0 Å². The molecule has 1 heterocycles. The third-order valence-corrected chi connectivity index (χ3v) is 7.15. The van der Waals surface area contributed by atoms with E-state index in [4.69, 9.17) is 9.47 Å². The van der Waals surface area contributed by atoms with Gasteiger partial charge in [-0.3, -0.25) is 0 Å². The number of nitrogens with zero attached hydrogens (tertiary/aromatic N) is 1. The summed E-state index contributed by atoms with van der Waals surface area (Å²) in [5.41, 5.74) is -2.40. The molecule has 0 amide bonds. The maximum absolute atomic E-state index is 13.3. The minimum absolute atomic E-state index is 0.115. The second-order valence-electron chi connectivity index (χ2n) is 10.1. The number of hydrogen-bond donors (Lipinski definition) is 1. The predicted octanol–water partition coefficient (Wildman–Crippen LogP) is 6.71. The zero-order valence-corrected chi connectivity index (χ0v) is 21.7. The molecule has 216 valence electrons. The standard InChI is InChI=1S/C30H31F6NO3/c31-29(32,33)24-15-22(16-25(17-24)30(34,35)36)19-39-21-28(23-7-3-1-4-8-23)11-13-37(14-12-28)18-26(38)20-40-27-9-5-2-6-10-27/h1-10,15-17,26,38H,11-14,18-21H2. The summed E-state index contributed by atoms with van der Waals surface area (Å²) in [6.07, 6.45) is -9.25. The van der Waals surface area contributed by atoms with Crippen molar-refractivity contribution in [1.29, 1.82) is 0 Å². The molecule has 4 nitrogen and oxygen atoms in total. The second-order valence-corrected chi connectivity index (χ2v) is 10.1. The van der Waals surface area contributed by atoms with Gasteiger partial charge in [0.1, 0.15) is 18.5 Å². The molecule has 1 atom stereocenters. The molecule has 1 aliphatic rings. The van der Waals surface area contributed by atoms with Crippen molar-refractivity contribution in [3.05, 3.63) is 101 Å². The van der Waals surface area contributed by atoms with E-state index in [1.54, 1.807) is 0 Å². The molecule has 1 saturated heterocycles. The molecule has 40 heavy (non-hydrogen) atoms. The van der Waals surface area contributed by atoms with Crippen LogP contribution in [0.25, 0.3) is 0 Å². The first kappa shape index (κ1) is 29.9. The molecule has 3 aromatic carbocycles. The highest BCUT2D eigenvalue weighted by Gasteiger charge is 2.38. The molecule has 10 heteroatoms. The van der Waals surface area contributed by atoms with E-state index in [1.807, 2.05) is 60.7 Å². The number of benzene rings is 3. The summed E-state index contributed by atoms with van der Waals surface area (Å²) in [5.74, 6) is 0.670. The highest BCUT2D eigenvalue weighted by atomic mass is 19.4. The van der Waals surface area contributed by atoms with Crippen LogP contribution < -0.4 is 4.74 Å². The lowest BCUT2D eigenvalue weighted by molar-refractivity contribution is -0.143. The molecule has 1 N–H and O–H groups in total. The molecule has 0 bridgehead atoms. The highest BCUT2D eigenvalue weighted by Crippen LogP contribution is 2.38. The summed E-state index contributed by atoms with van der Waals surface area (Å²) in [7, 11) is 0. The first-order valence-electron chi connectivity index (χ1n) is 12.9. The Hall–Kier alpha value is -3.08. The minimum Gasteiger partial charge on any atom is -0.491 e. The Morgan fingerprint density at radius 1 is 0.800 bits per heavy atom. The number of ether oxygens (including phenoxy) is 2. The average Bonchev–Trinajstić information content (AvgIpc) is 2.93. The van der Waals surface area contributed by atoms with E-state index in [0.29, 0.717) is 50.4 Å². The van der Waals surface area contributed by atoms with Crippen molar-refractivity contribution in [3.8, 4) is 5.75 Å². The van der Waals surface area contributed by atoms with E-state index in [2.05, 4.69) is 4.90 Å². The molecule has 3 aromatic rings. The highest BCUT2D eigenvalue weighted by molar-refractivity contribution is 5.33. The van der Waals surface area contributed by atoms with Crippen molar-refractivity contribution < 1.29 is 40.9 Å². The predicted molar refractivity (Wildman–Crippen MR) is 138 cm³/mol. The molecule has 0 saturated carbocycles. The fourth-order valence-corrected chi connectivity index (χ4v) is 5.00. The number of piperidine rings is 1. The SMILES string of the molecule is OC(COc1ccccc1)CN1CCC(COCc2cc(C(F)(F)F)cc(C(F)(F)F)c2)(c2ccccc2)CC1. The van der Waals surface area contributed by atoms with E-state index in [-0.39, 0.29) is 31.5 Å². The van der Waals surface area contributed by atoms with Crippen LogP contribution in [0.3, 0.4) is 0 Å². The van der Waals surface area contributed by atoms with Crippen molar-refractivity contribution in [2.75, 3.05) is 32.8 Å². The third-order valence-electron chi connectivity index (χ3n) is 7.15. The molecule has 1 aliphatic heterocycles. The quantitative estimate of drug-likeness (QED) is 0.277. The molecule has 0 aliphatic carbocycles. The Bertz CT molecular complexity index is 1180. The Morgan fingerprint density at radius 2 is 1.35 bits per heavy atom. The van der Waals surface area contributed by atoms with Crippen molar-refractivity contribution in [2.24, 2.45) is 0 Å². The summed E-state index contributed by atoms with van der Waals surface area (Å²) in [4.78, 5) is 2.11. The number of β-amino-alcohol motifs (C(OH)–C–C–N with tert-alkyl or cyclic N) is 1. The number of likely N-dealkylation sites (tertiary alicyclic amines) is 1. The Balaban J connectivity index is 1.40. The lowest BCUT2D eigenvalue weighted by Crippen LogP contribution is -2.47. The Labute approximate surface area is 229 Å². The number of hydrogen-bond acceptors (Lipinski definition) is 4. The molecule has 0 aromatic heterocycles. The first-order valence-corrected chi connectivity index (χ1v) is 12.9. The first-order chi connectivity index (χ1) is 18.9. The van der Waals surface area contributed by atoms with Crippen LogP contribution in [-0.4, -0.2) is 49.0 Å². The fourth-order valence-electron chi connectivity index (χ4n) is 5.00. The maximum atomic E-state index is 13.3. The van der Waals surface area contributed by atoms with Crippen LogP contribution in [0.5, 0.6) is 5.75 Å². The Morgan fingerprint density at radius 3 is 1.90 bits per heavy atom. The van der Waals surface area contributed by atoms with Crippen LogP contribution >= 0.6 is 0 Å². The second kappa shape index (κ2) is 12.6. The van der Waals surface area contributed by atoms with Crippen LogP contribution in [0, 0.1) is 0 Å². The average molecular weight is 568 g/mol. The molecular weight excluding hydrogens is 536 g/mol. The molecular formula is C30H31F6NO3. The summed E-state index contributed by atoms with van der Waals surface area (Å²) in [6.45, 7) is 1.54. The lowest BCUT2D eigenvalue weighted by atomic mass is 9.73. The number of rotatable bonds is 10. The molecule has 1 unspecified atom stereocenters. The number of aliphatic hydroxyl groups is 1. The summed E-state index contributed by atoms with van der Waals surface area (Å²) in [5, 5.41) is 10.5. The van der Waals surface area contributed by atoms with E-state index in [9.17, 15) is 31.4 Å². The van der Waals surface area contributed by atoms with Crippen LogP contribution in [0.2, 0.25) is 0 Å². The van der Waals surface area contributed by atoms with Gasteiger partial charge in [0.25, 0.3) is 0 Å². The van der Waals surface area contributed by atoms with Crippen molar-refractivity contribution in [3.63, 3.8) is 0 Å². The van der Waals surface area contributed by atoms with Gasteiger partial charge in [0.2, 0.25) is 0 Å².